The fourth-order valence-corrected chi connectivity index (χ4v) is 1.86. The number of hydrogen-bond acceptors (Lipinski definition) is 6. The van der Waals surface area contributed by atoms with Crippen molar-refractivity contribution in [3.05, 3.63) is 42.0 Å². The lowest BCUT2D eigenvalue weighted by Gasteiger charge is -2.18. The first kappa shape index (κ1) is 22.1. The van der Waals surface area contributed by atoms with Gasteiger partial charge in [-0.1, -0.05) is 20.8 Å². The summed E-state index contributed by atoms with van der Waals surface area (Å²) in [6, 6.07) is 6.29. The third-order valence-corrected chi connectivity index (χ3v) is 3.41. The normalized spacial score (nSPS) is 12.3. The zero-order valence-corrected chi connectivity index (χ0v) is 16.2. The van der Waals surface area contributed by atoms with E-state index in [0.29, 0.717) is 11.3 Å². The lowest BCUT2D eigenvalue weighted by molar-refractivity contribution is -0.141. The van der Waals surface area contributed by atoms with E-state index in [4.69, 9.17) is 4.74 Å². The summed E-state index contributed by atoms with van der Waals surface area (Å²) in [6.45, 7) is 8.67. The molecule has 0 fully saturated rings. The van der Waals surface area contributed by atoms with E-state index in [9.17, 15) is 19.2 Å². The lowest BCUT2D eigenvalue weighted by Crippen LogP contribution is -2.27. The number of anilines is 1. The Labute approximate surface area is 158 Å². The first-order chi connectivity index (χ1) is 12.5. The highest BCUT2D eigenvalue weighted by molar-refractivity contribution is 6.02. The average Bonchev–Trinajstić information content (AvgIpc) is 2.59. The molecule has 1 atom stereocenters. The van der Waals surface area contributed by atoms with Crippen LogP contribution in [0, 0.1) is 5.41 Å². The van der Waals surface area contributed by atoms with Gasteiger partial charge in [0.1, 0.15) is 0 Å². The summed E-state index contributed by atoms with van der Waals surface area (Å²) in [5.41, 5.74) is 0.362. The average molecular weight is 375 g/mol. The van der Waals surface area contributed by atoms with E-state index in [1.807, 2.05) is 0 Å². The molecule has 146 valence electrons. The summed E-state index contributed by atoms with van der Waals surface area (Å²) in [4.78, 5) is 47.1. The van der Waals surface area contributed by atoms with Crippen molar-refractivity contribution in [2.45, 2.75) is 40.7 Å². The van der Waals surface area contributed by atoms with E-state index in [0.717, 1.165) is 12.2 Å². The number of carbonyl (C=O) groups is 4. The second kappa shape index (κ2) is 9.66. The Morgan fingerprint density at radius 1 is 1.04 bits per heavy atom. The van der Waals surface area contributed by atoms with Gasteiger partial charge in [0.25, 0.3) is 0 Å². The minimum absolute atomic E-state index is 0.141. The Balaban J connectivity index is 2.66. The van der Waals surface area contributed by atoms with Crippen LogP contribution in [0.5, 0.6) is 0 Å². The molecule has 0 bridgehead atoms. The molecule has 0 unspecified atom stereocenters. The number of benzene rings is 1. The van der Waals surface area contributed by atoms with Gasteiger partial charge in [-0.3, -0.25) is 9.59 Å². The molecule has 0 radical (unpaired) electrons. The molecule has 0 saturated carbocycles. The van der Waals surface area contributed by atoms with Crippen molar-refractivity contribution in [1.29, 1.82) is 0 Å². The molecule has 0 aliphatic heterocycles. The predicted molar refractivity (Wildman–Crippen MR) is 100 cm³/mol. The zero-order chi connectivity index (χ0) is 20.6. The topological polar surface area (TPSA) is 98.8 Å². The molecule has 0 aliphatic carbocycles. The number of esters is 2. The van der Waals surface area contributed by atoms with Crippen LogP contribution in [-0.2, 0) is 23.9 Å². The molecule has 1 rings (SSSR count). The highest BCUT2D eigenvalue weighted by Crippen LogP contribution is 2.18. The molecule has 0 heterocycles. The van der Waals surface area contributed by atoms with E-state index >= 15 is 0 Å². The molecule has 7 heteroatoms. The summed E-state index contributed by atoms with van der Waals surface area (Å²) in [5.74, 6) is -2.03. The van der Waals surface area contributed by atoms with Crippen molar-refractivity contribution in [3.63, 3.8) is 0 Å². The fraction of sp³-hybridized carbons (Fsp3) is 0.400. The van der Waals surface area contributed by atoms with Gasteiger partial charge >= 0.3 is 11.9 Å². The van der Waals surface area contributed by atoms with Crippen LogP contribution in [0.25, 0.3) is 0 Å². The van der Waals surface area contributed by atoms with Gasteiger partial charge in [0, 0.05) is 28.8 Å². The molecule has 1 amide bonds. The van der Waals surface area contributed by atoms with Crippen LogP contribution in [0.3, 0.4) is 0 Å². The molecule has 1 aromatic rings. The second-order valence-electron chi connectivity index (χ2n) is 6.81. The van der Waals surface area contributed by atoms with Crippen LogP contribution in [0.2, 0.25) is 0 Å². The number of Topliss-reactive ketones (excluding diaryl/α,β-unsaturated/α-hetero) is 1. The summed E-state index contributed by atoms with van der Waals surface area (Å²) in [7, 11) is 0. The van der Waals surface area contributed by atoms with Crippen molar-refractivity contribution in [1.82, 2.24) is 0 Å². The molecular weight excluding hydrogens is 350 g/mol. The number of ether oxygens (including phenoxy) is 2. The van der Waals surface area contributed by atoms with Crippen LogP contribution in [0.4, 0.5) is 5.69 Å². The summed E-state index contributed by atoms with van der Waals surface area (Å²) < 4.78 is 9.62. The van der Waals surface area contributed by atoms with Crippen LogP contribution >= 0.6 is 0 Å². The van der Waals surface area contributed by atoms with Crippen molar-refractivity contribution < 1.29 is 28.7 Å². The molecule has 0 aliphatic rings. The third-order valence-electron chi connectivity index (χ3n) is 3.41. The van der Waals surface area contributed by atoms with Gasteiger partial charge in [-0.2, -0.15) is 0 Å². The summed E-state index contributed by atoms with van der Waals surface area (Å²) >= 11 is 0. The minimum atomic E-state index is -1.03. The largest absolute Gasteiger partial charge is 0.463 e. The number of carbonyl (C=O) groups excluding carboxylic acids is 4. The van der Waals surface area contributed by atoms with Crippen LogP contribution in [0.15, 0.2) is 36.4 Å². The second-order valence-corrected chi connectivity index (χ2v) is 6.81. The summed E-state index contributed by atoms with van der Waals surface area (Å²) in [6.07, 6.45) is 0.821. The monoisotopic (exact) mass is 375 g/mol. The maximum absolute atomic E-state index is 12.3. The van der Waals surface area contributed by atoms with Crippen molar-refractivity contribution in [2.75, 3.05) is 11.9 Å². The molecule has 27 heavy (non-hydrogen) atoms. The maximum atomic E-state index is 12.3. The van der Waals surface area contributed by atoms with Gasteiger partial charge in [-0.25, -0.2) is 9.59 Å². The van der Waals surface area contributed by atoms with Crippen molar-refractivity contribution in [3.8, 4) is 0 Å². The minimum Gasteiger partial charge on any atom is -0.463 e. The van der Waals surface area contributed by atoms with Gasteiger partial charge in [0.05, 0.1) is 6.61 Å². The number of ketones is 1. The van der Waals surface area contributed by atoms with E-state index < -0.39 is 29.2 Å². The Morgan fingerprint density at radius 2 is 1.59 bits per heavy atom. The highest BCUT2D eigenvalue weighted by atomic mass is 16.5. The molecule has 1 aromatic carbocycles. The quantitative estimate of drug-likeness (QED) is 0.447. The first-order valence-electron chi connectivity index (χ1n) is 8.55. The van der Waals surface area contributed by atoms with Crippen molar-refractivity contribution >= 4 is 29.3 Å². The smallest absolute Gasteiger partial charge is 0.331 e. The molecule has 0 saturated heterocycles. The van der Waals surface area contributed by atoms with Crippen molar-refractivity contribution in [2.24, 2.45) is 5.41 Å². The molecule has 1 N–H and O–H groups in total. The Kier molecular flexibility index (Phi) is 7.90. The molecular formula is C20H25NO6. The number of nitrogens with one attached hydrogen (secondary N) is 1. The highest BCUT2D eigenvalue weighted by Gasteiger charge is 2.22. The zero-order valence-electron chi connectivity index (χ0n) is 16.2. The van der Waals surface area contributed by atoms with Gasteiger partial charge in [0.2, 0.25) is 11.7 Å². The van der Waals surface area contributed by atoms with E-state index in [2.05, 4.69) is 10.1 Å². The lowest BCUT2D eigenvalue weighted by atomic mass is 9.95. The first-order valence-corrected chi connectivity index (χ1v) is 8.55. The SMILES string of the molecule is CCOC(=O)/C=C/C(=O)O[C@H](C)C(=O)c1ccc(NC(=O)C(C)(C)C)cc1. The third kappa shape index (κ3) is 7.43. The van der Waals surface area contributed by atoms with E-state index in [-0.39, 0.29) is 12.5 Å². The van der Waals surface area contributed by atoms with Gasteiger partial charge in [0.15, 0.2) is 6.10 Å². The van der Waals surface area contributed by atoms with Crippen LogP contribution < -0.4 is 5.32 Å². The van der Waals surface area contributed by atoms with Gasteiger partial charge in [-0.05, 0) is 38.1 Å². The number of amides is 1. The van der Waals surface area contributed by atoms with Crippen LogP contribution in [0.1, 0.15) is 45.0 Å². The Morgan fingerprint density at radius 3 is 2.11 bits per heavy atom. The van der Waals surface area contributed by atoms with Crippen LogP contribution in [-0.4, -0.2) is 36.3 Å². The molecule has 0 aromatic heterocycles. The standard InChI is InChI=1S/C20H25NO6/c1-6-26-16(22)11-12-17(23)27-13(2)18(24)14-7-9-15(10-8-14)21-19(25)20(3,4)5/h7-13H,6H2,1-5H3,(H,21,25)/b12-11+/t13-/m1/s1. The summed E-state index contributed by atoms with van der Waals surface area (Å²) in [5, 5.41) is 2.76. The Bertz CT molecular complexity index is 728. The number of rotatable bonds is 7. The fourth-order valence-electron chi connectivity index (χ4n) is 1.86. The number of hydrogen-bond donors (Lipinski definition) is 1. The Hall–Kier alpha value is -2.96. The molecule has 0 spiro atoms. The van der Waals surface area contributed by atoms with E-state index in [1.165, 1.54) is 6.92 Å². The van der Waals surface area contributed by atoms with Gasteiger partial charge < -0.3 is 14.8 Å². The predicted octanol–water partition coefficient (Wildman–Crippen LogP) is 2.90. The van der Waals surface area contributed by atoms with E-state index in [1.54, 1.807) is 52.0 Å². The van der Waals surface area contributed by atoms with Gasteiger partial charge in [-0.15, -0.1) is 0 Å². The maximum Gasteiger partial charge on any atom is 0.331 e. The molecule has 7 nitrogen and oxygen atoms in total.